The van der Waals surface area contributed by atoms with Crippen LogP contribution in [0, 0.1) is 0 Å². The Labute approximate surface area is 314 Å². The van der Waals surface area contributed by atoms with Crippen molar-refractivity contribution in [2.75, 3.05) is 32.8 Å². The molecule has 54 heavy (non-hydrogen) atoms. The van der Waals surface area contributed by atoms with Crippen molar-refractivity contribution in [2.45, 2.75) is 63.9 Å². The minimum atomic E-state index is -0.595. The average molecular weight is 734 g/mol. The van der Waals surface area contributed by atoms with Crippen LogP contribution in [0.1, 0.15) is 66.9 Å². The number of likely N-dealkylation sites (tertiary alicyclic amines) is 1. The van der Waals surface area contributed by atoms with Gasteiger partial charge in [0.1, 0.15) is 6.54 Å². The summed E-state index contributed by atoms with van der Waals surface area (Å²) >= 11 is 0. The highest BCUT2D eigenvalue weighted by Gasteiger charge is 2.34. The van der Waals surface area contributed by atoms with E-state index in [4.69, 9.17) is 14.2 Å². The number of hydrogen-bond acceptors (Lipinski definition) is 8. The fraction of sp³-hybridized carbons (Fsp3) is 0.357. The van der Waals surface area contributed by atoms with Gasteiger partial charge in [0.15, 0.2) is 6.29 Å². The van der Waals surface area contributed by atoms with Crippen molar-refractivity contribution in [2.24, 2.45) is 0 Å². The average Bonchev–Trinajstić information content (AvgIpc) is 3.55. The van der Waals surface area contributed by atoms with E-state index in [1.807, 2.05) is 102 Å². The van der Waals surface area contributed by atoms with Crippen LogP contribution in [0.4, 0.5) is 4.79 Å². The molecule has 4 aromatic carbocycles. The summed E-state index contributed by atoms with van der Waals surface area (Å²) in [4.78, 5) is 42.2. The molecular weight excluding hydrogens is 686 g/mol. The molecule has 4 N–H and O–H groups in total. The van der Waals surface area contributed by atoms with Gasteiger partial charge >= 0.3 is 17.7 Å². The standard InChI is InChI=1S/C42H47N5O7/c1-2-52-39(49)25-44-41(50)43-24-32-7-3-4-8-35(32)29-15-17-31(18-16-29)40-53-34(23-38(54-40)30-13-11-28(27-48)12-14-30)26-46-21-19-33(20-22-46)47-37-10-6-5-9-36(37)45-42(47)51/h3-18,33-34,38,40,48H,2,19-27H2,1H3,(H,45,51)(H2,43,44,50). The molecule has 5 aromatic rings. The van der Waals surface area contributed by atoms with E-state index in [0.717, 1.165) is 76.9 Å². The quantitative estimate of drug-likeness (QED) is 0.119. The number of amides is 2. The first-order chi connectivity index (χ1) is 26.4. The van der Waals surface area contributed by atoms with Gasteiger partial charge in [-0.15, -0.1) is 0 Å². The molecule has 7 rings (SSSR count). The molecule has 3 heterocycles. The highest BCUT2D eigenvalue weighted by atomic mass is 16.7. The van der Waals surface area contributed by atoms with Gasteiger partial charge in [0.05, 0.1) is 36.5 Å². The number of urea groups is 1. The van der Waals surface area contributed by atoms with E-state index in [2.05, 4.69) is 20.5 Å². The molecule has 0 radical (unpaired) electrons. The van der Waals surface area contributed by atoms with E-state index in [1.54, 1.807) is 6.92 Å². The fourth-order valence-corrected chi connectivity index (χ4v) is 7.50. The summed E-state index contributed by atoms with van der Waals surface area (Å²) in [7, 11) is 0. The summed E-state index contributed by atoms with van der Waals surface area (Å²) in [6, 6.07) is 31.4. The highest BCUT2D eigenvalue weighted by molar-refractivity contribution is 5.81. The lowest BCUT2D eigenvalue weighted by Gasteiger charge is -2.40. The number of esters is 1. The Morgan fingerprint density at radius 2 is 1.61 bits per heavy atom. The number of aromatic nitrogens is 2. The second kappa shape index (κ2) is 17.3. The molecule has 282 valence electrons. The van der Waals surface area contributed by atoms with Crippen LogP contribution in [0.5, 0.6) is 0 Å². The zero-order valence-electron chi connectivity index (χ0n) is 30.4. The highest BCUT2D eigenvalue weighted by Crippen LogP contribution is 2.39. The Morgan fingerprint density at radius 3 is 2.37 bits per heavy atom. The van der Waals surface area contributed by atoms with Gasteiger partial charge in [-0.25, -0.2) is 9.59 Å². The smallest absolute Gasteiger partial charge is 0.326 e. The third kappa shape index (κ3) is 8.74. The van der Waals surface area contributed by atoms with Crippen molar-refractivity contribution in [1.29, 1.82) is 0 Å². The molecule has 0 bridgehead atoms. The molecule has 2 amide bonds. The lowest BCUT2D eigenvalue weighted by atomic mass is 9.97. The zero-order valence-corrected chi connectivity index (χ0v) is 30.4. The molecular formula is C42H47N5O7. The lowest BCUT2D eigenvalue weighted by molar-refractivity contribution is -0.253. The maximum absolute atomic E-state index is 12.9. The number of benzene rings is 4. The maximum Gasteiger partial charge on any atom is 0.326 e. The first kappa shape index (κ1) is 37.1. The number of ether oxygens (including phenoxy) is 3. The summed E-state index contributed by atoms with van der Waals surface area (Å²) in [5.74, 6) is -0.489. The van der Waals surface area contributed by atoms with Gasteiger partial charge < -0.3 is 39.8 Å². The van der Waals surface area contributed by atoms with E-state index in [0.29, 0.717) is 6.42 Å². The molecule has 0 spiro atoms. The van der Waals surface area contributed by atoms with Crippen LogP contribution in [0.2, 0.25) is 0 Å². The Kier molecular flexibility index (Phi) is 11.8. The van der Waals surface area contributed by atoms with Crippen LogP contribution in [0.15, 0.2) is 102 Å². The zero-order chi connectivity index (χ0) is 37.4. The molecule has 2 fully saturated rings. The van der Waals surface area contributed by atoms with Crippen LogP contribution in [-0.4, -0.2) is 70.4 Å². The molecule has 2 aliphatic rings. The number of carbonyl (C=O) groups is 2. The Morgan fingerprint density at radius 1 is 0.889 bits per heavy atom. The van der Waals surface area contributed by atoms with Crippen LogP contribution in [0.25, 0.3) is 22.2 Å². The van der Waals surface area contributed by atoms with Crippen molar-refractivity contribution in [3.8, 4) is 11.1 Å². The number of carbonyl (C=O) groups excluding carboxylic acids is 2. The number of H-pyrrole nitrogens is 1. The first-order valence-electron chi connectivity index (χ1n) is 18.7. The second-order valence-corrected chi connectivity index (χ2v) is 13.8. The number of aliphatic hydroxyl groups is 1. The number of nitrogens with zero attached hydrogens (tertiary/aromatic N) is 2. The van der Waals surface area contributed by atoms with E-state index >= 15 is 0 Å². The monoisotopic (exact) mass is 733 g/mol. The minimum absolute atomic E-state index is 0.0188. The summed E-state index contributed by atoms with van der Waals surface area (Å²) in [6.45, 7) is 4.48. The van der Waals surface area contributed by atoms with Gasteiger partial charge in [-0.2, -0.15) is 0 Å². The molecule has 2 aliphatic heterocycles. The van der Waals surface area contributed by atoms with Crippen molar-refractivity contribution in [1.82, 2.24) is 25.1 Å². The summed E-state index contributed by atoms with van der Waals surface area (Å²) in [6.07, 6.45) is 1.53. The second-order valence-electron chi connectivity index (χ2n) is 13.8. The van der Waals surface area contributed by atoms with Crippen molar-refractivity contribution in [3.63, 3.8) is 0 Å². The molecule has 12 heteroatoms. The van der Waals surface area contributed by atoms with Crippen LogP contribution in [0.3, 0.4) is 0 Å². The molecule has 12 nitrogen and oxygen atoms in total. The number of rotatable bonds is 12. The van der Waals surface area contributed by atoms with E-state index in [9.17, 15) is 19.5 Å². The molecule has 3 unspecified atom stereocenters. The number of imidazole rings is 1. The predicted molar refractivity (Wildman–Crippen MR) is 204 cm³/mol. The molecule has 3 atom stereocenters. The predicted octanol–water partition coefficient (Wildman–Crippen LogP) is 5.73. The maximum atomic E-state index is 12.9. The summed E-state index contributed by atoms with van der Waals surface area (Å²) in [5, 5.41) is 15.0. The van der Waals surface area contributed by atoms with Crippen LogP contribution >= 0.6 is 0 Å². The van der Waals surface area contributed by atoms with Gasteiger partial charge in [0, 0.05) is 44.2 Å². The SMILES string of the molecule is CCOC(=O)CNC(=O)NCc1ccccc1-c1ccc(C2OC(CN3CCC(n4c(=O)[nH]c5ccccc54)CC3)CC(c3ccc(CO)cc3)O2)cc1. The first-order valence-corrected chi connectivity index (χ1v) is 18.7. The number of para-hydroxylation sites is 2. The van der Waals surface area contributed by atoms with Gasteiger partial charge in [-0.1, -0.05) is 84.9 Å². The molecule has 0 aliphatic carbocycles. The topological polar surface area (TPSA) is 147 Å². The number of fused-ring (bicyclic) bond motifs is 1. The molecule has 0 saturated carbocycles. The Balaban J connectivity index is 1.03. The fourth-order valence-electron chi connectivity index (χ4n) is 7.50. The number of aliphatic hydroxyl groups excluding tert-OH is 1. The summed E-state index contributed by atoms with van der Waals surface area (Å²) < 4.78 is 20.1. The van der Waals surface area contributed by atoms with Crippen LogP contribution < -0.4 is 16.3 Å². The third-order valence-corrected chi connectivity index (χ3v) is 10.3. The van der Waals surface area contributed by atoms with Gasteiger partial charge in [-0.3, -0.25) is 9.36 Å². The van der Waals surface area contributed by atoms with Gasteiger partial charge in [0.2, 0.25) is 0 Å². The van der Waals surface area contributed by atoms with Crippen molar-refractivity contribution in [3.05, 3.63) is 130 Å². The minimum Gasteiger partial charge on any atom is -0.465 e. The van der Waals surface area contributed by atoms with Crippen molar-refractivity contribution >= 4 is 23.0 Å². The van der Waals surface area contributed by atoms with Crippen LogP contribution in [-0.2, 0) is 32.2 Å². The number of nitrogens with one attached hydrogen (secondary N) is 3. The lowest BCUT2D eigenvalue weighted by Crippen LogP contribution is -2.43. The van der Waals surface area contributed by atoms with Gasteiger partial charge in [-0.05, 0) is 59.7 Å². The van der Waals surface area contributed by atoms with Gasteiger partial charge in [0.25, 0.3) is 0 Å². The van der Waals surface area contributed by atoms with E-state index in [-0.39, 0.29) is 50.2 Å². The normalized spacial score (nSPS) is 19.4. The third-order valence-electron chi connectivity index (χ3n) is 10.3. The van der Waals surface area contributed by atoms with Crippen molar-refractivity contribution < 1.29 is 28.9 Å². The molecule has 2 saturated heterocycles. The number of hydrogen-bond donors (Lipinski definition) is 4. The number of aromatic amines is 1. The molecule has 1 aromatic heterocycles. The Bertz CT molecular complexity index is 2090. The Hall–Kier alpha value is -5.27. The number of piperidine rings is 1. The summed E-state index contributed by atoms with van der Waals surface area (Å²) in [5.41, 5.74) is 7.41. The largest absolute Gasteiger partial charge is 0.465 e. The van der Waals surface area contributed by atoms with E-state index in [1.165, 1.54) is 0 Å². The van der Waals surface area contributed by atoms with E-state index < -0.39 is 18.3 Å².